The highest BCUT2D eigenvalue weighted by molar-refractivity contribution is 6.12. The van der Waals surface area contributed by atoms with E-state index in [4.69, 9.17) is 4.74 Å². The molecule has 6 heteroatoms. The zero-order valence-corrected chi connectivity index (χ0v) is 14.7. The Labute approximate surface area is 156 Å². The molecule has 0 atom stereocenters. The van der Waals surface area contributed by atoms with Crippen LogP contribution in [0.5, 0.6) is 0 Å². The van der Waals surface area contributed by atoms with Crippen molar-refractivity contribution in [3.8, 4) is 6.07 Å². The molecule has 2 aromatic carbocycles. The second-order valence-corrected chi connectivity index (χ2v) is 5.68. The molecule has 0 spiro atoms. The van der Waals surface area contributed by atoms with Crippen molar-refractivity contribution < 1.29 is 14.3 Å². The van der Waals surface area contributed by atoms with Crippen molar-refractivity contribution in [1.82, 2.24) is 4.98 Å². The van der Waals surface area contributed by atoms with Gasteiger partial charge in [-0.05, 0) is 31.2 Å². The van der Waals surface area contributed by atoms with E-state index >= 15 is 0 Å². The van der Waals surface area contributed by atoms with E-state index in [0.29, 0.717) is 5.69 Å². The smallest absolute Gasteiger partial charge is 0.340 e. The molecule has 0 saturated carbocycles. The first-order chi connectivity index (χ1) is 13.1. The molecule has 6 nitrogen and oxygen atoms in total. The van der Waals surface area contributed by atoms with Crippen LogP contribution >= 0.6 is 0 Å². The van der Waals surface area contributed by atoms with Crippen LogP contribution in [0.4, 0.5) is 5.69 Å². The molecule has 0 saturated heterocycles. The number of hydrogen-bond donors (Lipinski definition) is 2. The fraction of sp³-hybridized carbons (Fsp3) is 0.0952. The van der Waals surface area contributed by atoms with E-state index in [0.717, 1.165) is 16.5 Å². The highest BCUT2D eigenvalue weighted by atomic mass is 16.5. The lowest BCUT2D eigenvalue weighted by Gasteiger charge is -2.09. The molecule has 1 heterocycles. The Kier molecular flexibility index (Phi) is 5.33. The molecule has 0 aliphatic heterocycles. The Morgan fingerprint density at radius 2 is 1.93 bits per heavy atom. The van der Waals surface area contributed by atoms with Crippen molar-refractivity contribution in [3.63, 3.8) is 0 Å². The van der Waals surface area contributed by atoms with E-state index in [2.05, 4.69) is 10.3 Å². The zero-order valence-electron chi connectivity index (χ0n) is 14.7. The third kappa shape index (κ3) is 3.88. The summed E-state index contributed by atoms with van der Waals surface area (Å²) in [5, 5.41) is 13.0. The van der Waals surface area contributed by atoms with Gasteiger partial charge in [0.05, 0.1) is 17.9 Å². The van der Waals surface area contributed by atoms with Crippen molar-refractivity contribution in [3.05, 3.63) is 71.4 Å². The molecule has 1 amide bonds. The molecule has 0 radical (unpaired) electrons. The van der Waals surface area contributed by atoms with Gasteiger partial charge in [0.1, 0.15) is 11.6 Å². The molecule has 134 valence electrons. The van der Waals surface area contributed by atoms with Gasteiger partial charge in [0.15, 0.2) is 0 Å². The van der Waals surface area contributed by atoms with Gasteiger partial charge in [0.25, 0.3) is 5.91 Å². The van der Waals surface area contributed by atoms with E-state index in [1.165, 1.54) is 6.08 Å². The maximum absolute atomic E-state index is 12.6. The van der Waals surface area contributed by atoms with E-state index in [1.54, 1.807) is 37.4 Å². The molecule has 1 aromatic heterocycles. The summed E-state index contributed by atoms with van der Waals surface area (Å²) in [6.45, 7) is 1.93. The molecular weight excluding hydrogens is 342 g/mol. The largest absolute Gasteiger partial charge is 0.462 e. The van der Waals surface area contributed by atoms with Crippen LogP contribution in [-0.2, 0) is 9.53 Å². The maximum Gasteiger partial charge on any atom is 0.340 e. The van der Waals surface area contributed by atoms with Crippen LogP contribution in [0.15, 0.2) is 60.3 Å². The Hall–Kier alpha value is -3.85. The Morgan fingerprint density at radius 1 is 1.19 bits per heavy atom. The Balaban J connectivity index is 1.89. The highest BCUT2D eigenvalue weighted by Crippen LogP contribution is 2.21. The fourth-order valence-electron chi connectivity index (χ4n) is 2.69. The van der Waals surface area contributed by atoms with Crippen molar-refractivity contribution in [2.75, 3.05) is 11.9 Å². The molecule has 3 aromatic rings. The van der Waals surface area contributed by atoms with Crippen LogP contribution in [0.3, 0.4) is 0 Å². The second-order valence-electron chi connectivity index (χ2n) is 5.68. The van der Waals surface area contributed by atoms with Gasteiger partial charge in [0.2, 0.25) is 0 Å². The lowest BCUT2D eigenvalue weighted by atomic mass is 10.1. The van der Waals surface area contributed by atoms with Gasteiger partial charge in [-0.15, -0.1) is 0 Å². The van der Waals surface area contributed by atoms with Gasteiger partial charge < -0.3 is 15.0 Å². The number of rotatable bonds is 5. The standard InChI is InChI=1S/C21H17N3O3/c1-2-27-21(26)17-8-4-6-10-19(17)24-20(25)14(12-22)11-15-13-23-18-9-5-3-7-16(15)18/h3-11,13,23H,2H2,1H3,(H,24,25). The van der Waals surface area contributed by atoms with Crippen molar-refractivity contribution in [2.24, 2.45) is 0 Å². The molecule has 2 N–H and O–H groups in total. The molecule has 27 heavy (non-hydrogen) atoms. The number of ether oxygens (including phenoxy) is 1. The van der Waals surface area contributed by atoms with Gasteiger partial charge in [-0.2, -0.15) is 5.26 Å². The molecule has 0 bridgehead atoms. The predicted octanol–water partition coefficient (Wildman–Crippen LogP) is 3.89. The van der Waals surface area contributed by atoms with Gasteiger partial charge >= 0.3 is 5.97 Å². The van der Waals surface area contributed by atoms with E-state index in [-0.39, 0.29) is 17.7 Å². The monoisotopic (exact) mass is 359 g/mol. The lowest BCUT2D eigenvalue weighted by Crippen LogP contribution is -2.17. The normalized spacial score (nSPS) is 11.0. The molecule has 0 aliphatic carbocycles. The van der Waals surface area contributed by atoms with Crippen molar-refractivity contribution >= 4 is 34.5 Å². The highest BCUT2D eigenvalue weighted by Gasteiger charge is 2.16. The van der Waals surface area contributed by atoms with Crippen LogP contribution in [-0.4, -0.2) is 23.5 Å². The maximum atomic E-state index is 12.6. The number of nitriles is 1. The summed E-state index contributed by atoms with van der Waals surface area (Å²) in [7, 11) is 0. The summed E-state index contributed by atoms with van der Waals surface area (Å²) >= 11 is 0. The first-order valence-corrected chi connectivity index (χ1v) is 8.39. The fourth-order valence-corrected chi connectivity index (χ4v) is 2.69. The number of esters is 1. The molecule has 0 aliphatic rings. The summed E-state index contributed by atoms with van der Waals surface area (Å²) in [5.41, 5.74) is 2.10. The molecule has 3 rings (SSSR count). The number of hydrogen-bond acceptors (Lipinski definition) is 4. The summed E-state index contributed by atoms with van der Waals surface area (Å²) in [6, 6.07) is 16.0. The summed E-state index contributed by atoms with van der Waals surface area (Å²) < 4.78 is 5.00. The number of carbonyl (C=O) groups is 2. The minimum absolute atomic E-state index is 0.0709. The van der Waals surface area contributed by atoms with Crippen LogP contribution in [0.2, 0.25) is 0 Å². The summed E-state index contributed by atoms with van der Waals surface area (Å²) in [4.78, 5) is 27.7. The Morgan fingerprint density at radius 3 is 2.70 bits per heavy atom. The number of amides is 1. The number of aromatic amines is 1. The van der Waals surface area contributed by atoms with Crippen LogP contribution in [0.1, 0.15) is 22.8 Å². The predicted molar refractivity (Wildman–Crippen MR) is 103 cm³/mol. The van der Waals surface area contributed by atoms with Crippen LogP contribution in [0, 0.1) is 11.3 Å². The minimum atomic E-state index is -0.598. The van der Waals surface area contributed by atoms with Gasteiger partial charge in [-0.3, -0.25) is 4.79 Å². The van der Waals surface area contributed by atoms with Crippen molar-refractivity contribution in [1.29, 1.82) is 5.26 Å². The number of nitrogens with zero attached hydrogens (tertiary/aromatic N) is 1. The molecule has 0 unspecified atom stereocenters. The number of anilines is 1. The van der Waals surface area contributed by atoms with E-state index in [9.17, 15) is 14.9 Å². The molecule has 0 fully saturated rings. The van der Waals surface area contributed by atoms with Crippen molar-refractivity contribution in [2.45, 2.75) is 6.92 Å². The average Bonchev–Trinajstić information content (AvgIpc) is 3.09. The summed E-state index contributed by atoms with van der Waals surface area (Å²) in [6.07, 6.45) is 3.25. The quantitative estimate of drug-likeness (QED) is 0.410. The number of nitrogens with one attached hydrogen (secondary N) is 2. The van der Waals surface area contributed by atoms with Gasteiger partial charge in [0, 0.05) is 22.7 Å². The van der Waals surface area contributed by atoms with Gasteiger partial charge in [-0.1, -0.05) is 30.3 Å². The van der Waals surface area contributed by atoms with E-state index in [1.807, 2.05) is 30.3 Å². The van der Waals surface area contributed by atoms with Crippen LogP contribution < -0.4 is 5.32 Å². The van der Waals surface area contributed by atoms with Gasteiger partial charge in [-0.25, -0.2) is 4.79 Å². The summed E-state index contributed by atoms with van der Waals surface area (Å²) in [5.74, 6) is -1.13. The number of carbonyl (C=O) groups excluding carboxylic acids is 2. The third-order valence-electron chi connectivity index (χ3n) is 3.96. The first-order valence-electron chi connectivity index (χ1n) is 8.39. The number of para-hydroxylation sites is 2. The first kappa shape index (κ1) is 18.0. The SMILES string of the molecule is CCOC(=O)c1ccccc1NC(=O)C(C#N)=Cc1c[nH]c2ccccc12. The minimum Gasteiger partial charge on any atom is -0.462 e. The van der Waals surface area contributed by atoms with E-state index < -0.39 is 11.9 Å². The number of benzene rings is 2. The molecular formula is C21H17N3O3. The number of H-pyrrole nitrogens is 1. The number of fused-ring (bicyclic) bond motifs is 1. The van der Waals surface area contributed by atoms with Crippen LogP contribution in [0.25, 0.3) is 17.0 Å². The number of aromatic nitrogens is 1. The Bertz CT molecular complexity index is 1070. The average molecular weight is 359 g/mol. The lowest BCUT2D eigenvalue weighted by molar-refractivity contribution is -0.112. The second kappa shape index (κ2) is 8.02. The third-order valence-corrected chi connectivity index (χ3v) is 3.96. The zero-order chi connectivity index (χ0) is 19.2. The topological polar surface area (TPSA) is 95.0 Å².